The van der Waals surface area contributed by atoms with Gasteiger partial charge >= 0.3 is 6.03 Å². The topological polar surface area (TPSA) is 133 Å². The van der Waals surface area contributed by atoms with Gasteiger partial charge < -0.3 is 20.3 Å². The zero-order chi connectivity index (χ0) is 33.4. The number of pyridine rings is 1. The molecule has 3 amide bonds. The van der Waals surface area contributed by atoms with Gasteiger partial charge in [0.15, 0.2) is 0 Å². The molecular formula is C32H40F2N6O5S. The van der Waals surface area contributed by atoms with Gasteiger partial charge in [0.25, 0.3) is 5.91 Å². The first-order valence-electron chi connectivity index (χ1n) is 15.1. The summed E-state index contributed by atoms with van der Waals surface area (Å²) < 4.78 is 60.0. The number of nitrogens with zero attached hydrogens (tertiary/aromatic N) is 3. The molecule has 3 aromatic rings. The number of rotatable bonds is 12. The van der Waals surface area contributed by atoms with Crippen LogP contribution in [-0.4, -0.2) is 74.1 Å². The average Bonchev–Trinajstić information content (AvgIpc) is 3.00. The van der Waals surface area contributed by atoms with E-state index in [0.29, 0.717) is 49.3 Å². The minimum absolute atomic E-state index is 0.0686. The highest BCUT2D eigenvalue weighted by Gasteiger charge is 2.29. The zero-order valence-electron chi connectivity index (χ0n) is 26.4. The molecule has 0 spiro atoms. The third-order valence-electron chi connectivity index (χ3n) is 7.68. The summed E-state index contributed by atoms with van der Waals surface area (Å²) in [5.41, 5.74) is 1.59. The molecule has 11 nitrogen and oxygen atoms in total. The molecule has 1 aliphatic rings. The van der Waals surface area contributed by atoms with E-state index in [1.54, 1.807) is 35.4 Å². The molecule has 1 fully saturated rings. The number of likely N-dealkylation sites (tertiary alicyclic amines) is 1. The van der Waals surface area contributed by atoms with Crippen molar-refractivity contribution in [3.8, 4) is 11.6 Å². The minimum Gasteiger partial charge on any atom is -0.439 e. The highest BCUT2D eigenvalue weighted by atomic mass is 32.2. The first-order valence-corrected chi connectivity index (χ1v) is 17.0. The van der Waals surface area contributed by atoms with Crippen LogP contribution >= 0.6 is 0 Å². The van der Waals surface area contributed by atoms with Gasteiger partial charge in [-0.25, -0.2) is 27.0 Å². The molecule has 46 heavy (non-hydrogen) atoms. The maximum absolute atomic E-state index is 14.5. The summed E-state index contributed by atoms with van der Waals surface area (Å²) in [6.45, 7) is 6.46. The number of carbonyl (C=O) groups is 2. The van der Waals surface area contributed by atoms with Crippen molar-refractivity contribution in [1.82, 2.24) is 20.1 Å². The third-order valence-corrected chi connectivity index (χ3v) is 8.28. The van der Waals surface area contributed by atoms with Crippen LogP contribution in [0.15, 0.2) is 48.7 Å². The molecule has 0 atom stereocenters. The Bertz CT molecular complexity index is 1650. The number of carbonyl (C=O) groups excluding carboxylic acids is 2. The highest BCUT2D eigenvalue weighted by Crippen LogP contribution is 2.28. The monoisotopic (exact) mass is 658 g/mol. The Balaban J connectivity index is 1.33. The second-order valence-corrected chi connectivity index (χ2v) is 13.1. The number of unbranched alkanes of at least 4 members (excludes halogenated alkanes) is 1. The van der Waals surface area contributed by atoms with Gasteiger partial charge in [0.2, 0.25) is 15.9 Å². The number of piperidine rings is 1. The van der Waals surface area contributed by atoms with E-state index in [2.05, 4.69) is 25.2 Å². The molecule has 1 aromatic heterocycles. The van der Waals surface area contributed by atoms with E-state index in [4.69, 9.17) is 4.74 Å². The molecule has 1 aliphatic heterocycles. The first kappa shape index (κ1) is 34.6. The molecule has 0 unspecified atom stereocenters. The molecule has 3 N–H and O–H groups in total. The van der Waals surface area contributed by atoms with Gasteiger partial charge in [-0.15, -0.1) is 0 Å². The molecule has 0 radical (unpaired) electrons. The molecule has 248 valence electrons. The lowest BCUT2D eigenvalue weighted by Crippen LogP contribution is -2.49. The average molecular weight is 659 g/mol. The Labute approximate surface area is 268 Å². The molecule has 2 aromatic carbocycles. The number of amides is 3. The van der Waals surface area contributed by atoms with Crippen molar-refractivity contribution in [3.05, 3.63) is 77.0 Å². The number of anilines is 2. The van der Waals surface area contributed by atoms with Crippen molar-refractivity contribution in [2.75, 3.05) is 43.0 Å². The fourth-order valence-electron chi connectivity index (χ4n) is 5.29. The van der Waals surface area contributed by atoms with Gasteiger partial charge in [0.05, 0.1) is 17.5 Å². The van der Waals surface area contributed by atoms with E-state index >= 15 is 0 Å². The number of hydrogen-bond donors (Lipinski definition) is 3. The second kappa shape index (κ2) is 15.3. The Hall–Kier alpha value is -4.30. The van der Waals surface area contributed by atoms with Crippen LogP contribution in [0.4, 0.5) is 25.0 Å². The summed E-state index contributed by atoms with van der Waals surface area (Å²) in [6.07, 6.45) is 5.91. The first-order chi connectivity index (χ1) is 21.9. The lowest BCUT2D eigenvalue weighted by Gasteiger charge is -2.38. The largest absolute Gasteiger partial charge is 0.439 e. The van der Waals surface area contributed by atoms with Gasteiger partial charge in [-0.1, -0.05) is 19.4 Å². The quantitative estimate of drug-likeness (QED) is 0.235. The lowest BCUT2D eigenvalue weighted by molar-refractivity contribution is 0.0959. The second-order valence-electron chi connectivity index (χ2n) is 11.3. The SMILES string of the molecule is CCCCN(C(=O)Nc1cc(C(=O)NC)c(F)cc1F)C1CCN(Cc2ccc(Oc3ccc(NS(C)(=O)=O)cc3C)nc2)CC1. The van der Waals surface area contributed by atoms with E-state index in [1.165, 1.54) is 7.05 Å². The third kappa shape index (κ3) is 9.36. The van der Waals surface area contributed by atoms with Crippen molar-refractivity contribution in [2.45, 2.75) is 52.1 Å². The van der Waals surface area contributed by atoms with Gasteiger partial charge in [-0.05, 0) is 61.6 Å². The highest BCUT2D eigenvalue weighted by molar-refractivity contribution is 7.92. The summed E-state index contributed by atoms with van der Waals surface area (Å²) in [6, 6.07) is 9.78. The maximum atomic E-state index is 14.5. The molecular weight excluding hydrogens is 618 g/mol. The van der Waals surface area contributed by atoms with Crippen LogP contribution in [0.1, 0.15) is 54.1 Å². The molecule has 14 heteroatoms. The standard InChI is InChI=1S/C32H40F2N6O5S/c1-5-6-13-40(32(42)37-28-17-25(31(41)35-3)26(33)18-27(28)34)24-11-14-39(15-12-24)20-22-7-10-30(36-19-22)45-29-9-8-23(16-21(29)2)38-46(4,43)44/h7-10,16-19,24,38H,5-6,11-15,20H2,1-4H3,(H,35,41)(H,37,42). The predicted octanol–water partition coefficient (Wildman–Crippen LogP) is 5.49. The molecule has 4 rings (SSSR count). The van der Waals surface area contributed by atoms with Gasteiger partial charge in [-0.2, -0.15) is 0 Å². The van der Waals surface area contributed by atoms with E-state index in [9.17, 15) is 26.8 Å². The number of nitrogens with one attached hydrogen (secondary N) is 3. The number of aromatic nitrogens is 1. The number of sulfonamides is 1. The van der Waals surface area contributed by atoms with Crippen LogP contribution in [0.2, 0.25) is 0 Å². The molecule has 2 heterocycles. The number of ether oxygens (including phenoxy) is 1. The Morgan fingerprint density at radius 1 is 1.09 bits per heavy atom. The van der Waals surface area contributed by atoms with E-state index < -0.39 is 33.6 Å². The summed E-state index contributed by atoms with van der Waals surface area (Å²) in [4.78, 5) is 33.7. The van der Waals surface area contributed by atoms with Crippen LogP contribution < -0.4 is 20.1 Å². The number of urea groups is 1. The van der Waals surface area contributed by atoms with Crippen LogP contribution in [-0.2, 0) is 16.6 Å². The smallest absolute Gasteiger partial charge is 0.322 e. The zero-order valence-corrected chi connectivity index (χ0v) is 27.2. The number of benzene rings is 2. The normalized spacial score (nSPS) is 14.0. The van der Waals surface area contributed by atoms with Crippen molar-refractivity contribution in [1.29, 1.82) is 0 Å². The summed E-state index contributed by atoms with van der Waals surface area (Å²) in [7, 11) is -2.04. The van der Waals surface area contributed by atoms with E-state index in [0.717, 1.165) is 49.4 Å². The van der Waals surface area contributed by atoms with Gasteiger partial charge in [0, 0.05) is 63.3 Å². The van der Waals surface area contributed by atoms with Gasteiger partial charge in [-0.3, -0.25) is 14.4 Å². The number of hydrogen-bond acceptors (Lipinski definition) is 7. The van der Waals surface area contributed by atoms with Crippen LogP contribution in [0.25, 0.3) is 0 Å². The molecule has 1 saturated heterocycles. The number of halogens is 2. The summed E-state index contributed by atoms with van der Waals surface area (Å²) in [5.74, 6) is -1.71. The lowest BCUT2D eigenvalue weighted by atomic mass is 10.0. The van der Waals surface area contributed by atoms with Crippen molar-refractivity contribution in [2.24, 2.45) is 0 Å². The summed E-state index contributed by atoms with van der Waals surface area (Å²) in [5, 5.41) is 4.87. The van der Waals surface area contributed by atoms with Crippen LogP contribution in [0, 0.1) is 18.6 Å². The van der Waals surface area contributed by atoms with Crippen LogP contribution in [0.3, 0.4) is 0 Å². The Morgan fingerprint density at radius 2 is 1.83 bits per heavy atom. The molecule has 0 saturated carbocycles. The van der Waals surface area contributed by atoms with Crippen LogP contribution in [0.5, 0.6) is 11.6 Å². The fraction of sp³-hybridized carbons (Fsp3) is 0.406. The molecule has 0 bridgehead atoms. The van der Waals surface area contributed by atoms with E-state index in [-0.39, 0.29) is 17.3 Å². The van der Waals surface area contributed by atoms with Crippen molar-refractivity contribution in [3.63, 3.8) is 0 Å². The minimum atomic E-state index is -3.38. The van der Waals surface area contributed by atoms with Gasteiger partial charge in [0.1, 0.15) is 17.4 Å². The van der Waals surface area contributed by atoms with Crippen molar-refractivity contribution >= 4 is 33.3 Å². The predicted molar refractivity (Wildman–Crippen MR) is 173 cm³/mol. The summed E-state index contributed by atoms with van der Waals surface area (Å²) >= 11 is 0. The Morgan fingerprint density at radius 3 is 2.43 bits per heavy atom. The number of aryl methyl sites for hydroxylation is 1. The fourth-order valence-corrected chi connectivity index (χ4v) is 5.84. The molecule has 0 aliphatic carbocycles. The van der Waals surface area contributed by atoms with Crippen molar-refractivity contribution < 1.29 is 31.5 Å². The Kier molecular flexibility index (Phi) is 11.5. The maximum Gasteiger partial charge on any atom is 0.322 e. The van der Waals surface area contributed by atoms with E-state index in [1.807, 2.05) is 19.9 Å².